The van der Waals surface area contributed by atoms with Gasteiger partial charge in [-0.05, 0) is 33.6 Å². The second-order valence-electron chi connectivity index (χ2n) is 6.25. The van der Waals surface area contributed by atoms with Crippen molar-refractivity contribution in [2.24, 2.45) is 11.7 Å². The molecule has 1 rings (SSSR count). The molecule has 0 aromatic rings. The zero-order chi connectivity index (χ0) is 14.5. The Kier molecular flexibility index (Phi) is 5.63. The molecule has 2 amide bonds. The molecule has 5 nitrogen and oxygen atoms in total. The van der Waals surface area contributed by atoms with Crippen LogP contribution in [0.4, 0.5) is 4.79 Å². The highest BCUT2D eigenvalue weighted by Crippen LogP contribution is 2.23. The van der Waals surface area contributed by atoms with Gasteiger partial charge in [0.15, 0.2) is 0 Å². The molecule has 0 radical (unpaired) electrons. The van der Waals surface area contributed by atoms with Gasteiger partial charge in [0.05, 0.1) is 5.92 Å². The lowest BCUT2D eigenvalue weighted by molar-refractivity contribution is -0.123. The minimum Gasteiger partial charge on any atom is -0.444 e. The van der Waals surface area contributed by atoms with Crippen LogP contribution in [0.1, 0.15) is 59.3 Å². The van der Waals surface area contributed by atoms with Crippen molar-refractivity contribution >= 4 is 12.0 Å². The number of ether oxygens (including phenoxy) is 1. The molecule has 0 aromatic carbocycles. The number of hydrogen-bond acceptors (Lipinski definition) is 3. The lowest BCUT2D eigenvalue weighted by atomic mass is 9.86. The van der Waals surface area contributed by atoms with Gasteiger partial charge in [-0.15, -0.1) is 0 Å². The largest absolute Gasteiger partial charge is 0.444 e. The first-order valence-electron chi connectivity index (χ1n) is 7.08. The van der Waals surface area contributed by atoms with Crippen molar-refractivity contribution in [2.75, 3.05) is 0 Å². The Bertz CT molecular complexity index is 323. The van der Waals surface area contributed by atoms with E-state index >= 15 is 0 Å². The Hall–Kier alpha value is -1.26. The van der Waals surface area contributed by atoms with E-state index in [1.54, 1.807) is 0 Å². The smallest absolute Gasteiger partial charge is 0.407 e. The van der Waals surface area contributed by atoms with Crippen LogP contribution in [0.25, 0.3) is 0 Å². The van der Waals surface area contributed by atoms with Crippen LogP contribution in [0, 0.1) is 5.92 Å². The summed E-state index contributed by atoms with van der Waals surface area (Å²) < 4.78 is 5.24. The van der Waals surface area contributed by atoms with Crippen molar-refractivity contribution < 1.29 is 14.3 Å². The standard InChI is InChI=1S/C14H26N2O3/c1-14(2,3)19-13(18)16-11-9-7-5-4-6-8-10(11)12(15)17/h10-11H,4-9H2,1-3H3,(H2,15,17)(H,16,18)/t10-,11+/m0/s1. The van der Waals surface area contributed by atoms with E-state index in [1.807, 2.05) is 20.8 Å². The zero-order valence-corrected chi connectivity index (χ0v) is 12.2. The zero-order valence-electron chi connectivity index (χ0n) is 12.2. The van der Waals surface area contributed by atoms with Crippen molar-refractivity contribution in [3.8, 4) is 0 Å². The highest BCUT2D eigenvalue weighted by atomic mass is 16.6. The van der Waals surface area contributed by atoms with E-state index in [4.69, 9.17) is 10.5 Å². The fourth-order valence-corrected chi connectivity index (χ4v) is 2.46. The third-order valence-electron chi connectivity index (χ3n) is 3.33. The highest BCUT2D eigenvalue weighted by molar-refractivity contribution is 5.78. The number of hydrogen-bond donors (Lipinski definition) is 2. The number of amides is 2. The Morgan fingerprint density at radius 3 is 2.21 bits per heavy atom. The molecule has 0 unspecified atom stereocenters. The molecule has 3 N–H and O–H groups in total. The average molecular weight is 270 g/mol. The van der Waals surface area contributed by atoms with Gasteiger partial charge in [0.2, 0.25) is 5.91 Å². The SMILES string of the molecule is CC(C)(C)OC(=O)N[C@@H]1CCCCCC[C@@H]1C(N)=O. The summed E-state index contributed by atoms with van der Waals surface area (Å²) in [7, 11) is 0. The van der Waals surface area contributed by atoms with E-state index < -0.39 is 11.7 Å². The van der Waals surface area contributed by atoms with Gasteiger partial charge >= 0.3 is 6.09 Å². The Morgan fingerprint density at radius 2 is 1.68 bits per heavy atom. The number of carbonyl (C=O) groups is 2. The number of nitrogens with one attached hydrogen (secondary N) is 1. The first-order valence-corrected chi connectivity index (χ1v) is 7.08. The van der Waals surface area contributed by atoms with Gasteiger partial charge in [0.1, 0.15) is 5.60 Å². The Labute approximate surface area is 115 Å². The topological polar surface area (TPSA) is 81.4 Å². The summed E-state index contributed by atoms with van der Waals surface area (Å²) in [5, 5.41) is 2.81. The maximum atomic E-state index is 11.8. The van der Waals surface area contributed by atoms with Crippen molar-refractivity contribution in [1.29, 1.82) is 0 Å². The Balaban J connectivity index is 2.63. The summed E-state index contributed by atoms with van der Waals surface area (Å²) in [6, 6.07) is -0.201. The normalized spacial score (nSPS) is 25.0. The van der Waals surface area contributed by atoms with Crippen molar-refractivity contribution in [3.63, 3.8) is 0 Å². The van der Waals surface area contributed by atoms with Gasteiger partial charge in [0.25, 0.3) is 0 Å². The molecule has 1 aliphatic rings. The maximum absolute atomic E-state index is 11.8. The molecule has 19 heavy (non-hydrogen) atoms. The number of primary amides is 1. The number of carbonyl (C=O) groups excluding carboxylic acids is 2. The van der Waals surface area contributed by atoms with Crippen LogP contribution in [0.15, 0.2) is 0 Å². The van der Waals surface area contributed by atoms with E-state index in [9.17, 15) is 9.59 Å². The van der Waals surface area contributed by atoms with E-state index in [0.29, 0.717) is 0 Å². The average Bonchev–Trinajstić information content (AvgIpc) is 2.18. The Morgan fingerprint density at radius 1 is 1.11 bits per heavy atom. The summed E-state index contributed by atoms with van der Waals surface area (Å²) in [5.74, 6) is -0.615. The van der Waals surface area contributed by atoms with Crippen molar-refractivity contribution in [1.82, 2.24) is 5.32 Å². The predicted octanol–water partition coefficient (Wildman–Crippen LogP) is 2.34. The van der Waals surface area contributed by atoms with Gasteiger partial charge in [0, 0.05) is 6.04 Å². The molecule has 2 atom stereocenters. The number of alkyl carbamates (subject to hydrolysis) is 1. The van der Waals surface area contributed by atoms with Crippen LogP contribution in [-0.4, -0.2) is 23.6 Å². The molecule has 0 spiro atoms. The van der Waals surface area contributed by atoms with E-state index in [0.717, 1.165) is 38.5 Å². The van der Waals surface area contributed by atoms with E-state index in [1.165, 1.54) is 0 Å². The van der Waals surface area contributed by atoms with Crippen LogP contribution in [0.3, 0.4) is 0 Å². The molecule has 1 fully saturated rings. The molecule has 5 heteroatoms. The molecule has 1 saturated carbocycles. The van der Waals surface area contributed by atoms with E-state index in [2.05, 4.69) is 5.32 Å². The summed E-state index contributed by atoms with van der Waals surface area (Å²) in [4.78, 5) is 23.3. The molecular weight excluding hydrogens is 244 g/mol. The molecule has 0 heterocycles. The van der Waals surface area contributed by atoms with Crippen LogP contribution in [0.2, 0.25) is 0 Å². The van der Waals surface area contributed by atoms with E-state index in [-0.39, 0.29) is 17.9 Å². The third-order valence-corrected chi connectivity index (χ3v) is 3.33. The molecule has 1 aliphatic carbocycles. The summed E-state index contributed by atoms with van der Waals surface area (Å²) in [6.07, 6.45) is 5.32. The minimum atomic E-state index is -0.534. The number of nitrogens with two attached hydrogens (primary N) is 1. The third kappa shape index (κ3) is 5.94. The van der Waals surface area contributed by atoms with Crippen LogP contribution < -0.4 is 11.1 Å². The number of rotatable bonds is 2. The molecule has 110 valence electrons. The fraction of sp³-hybridized carbons (Fsp3) is 0.857. The van der Waals surface area contributed by atoms with Gasteiger partial charge in [-0.25, -0.2) is 4.79 Å². The molecule has 0 aliphatic heterocycles. The minimum absolute atomic E-state index is 0.201. The quantitative estimate of drug-likeness (QED) is 0.808. The second kappa shape index (κ2) is 6.78. The van der Waals surface area contributed by atoms with Gasteiger partial charge in [-0.2, -0.15) is 0 Å². The fourth-order valence-electron chi connectivity index (χ4n) is 2.46. The summed E-state index contributed by atoms with van der Waals surface area (Å²) in [5.41, 5.74) is 4.92. The summed E-state index contributed by atoms with van der Waals surface area (Å²) in [6.45, 7) is 5.45. The predicted molar refractivity (Wildman–Crippen MR) is 73.5 cm³/mol. The van der Waals surface area contributed by atoms with Crippen LogP contribution >= 0.6 is 0 Å². The second-order valence-corrected chi connectivity index (χ2v) is 6.25. The highest BCUT2D eigenvalue weighted by Gasteiger charge is 2.29. The van der Waals surface area contributed by atoms with Crippen LogP contribution in [0.5, 0.6) is 0 Å². The molecular formula is C14H26N2O3. The lowest BCUT2D eigenvalue weighted by Gasteiger charge is -2.29. The van der Waals surface area contributed by atoms with Gasteiger partial charge < -0.3 is 15.8 Å². The van der Waals surface area contributed by atoms with Gasteiger partial charge in [-0.1, -0.05) is 25.7 Å². The van der Waals surface area contributed by atoms with Crippen LogP contribution in [-0.2, 0) is 9.53 Å². The molecule has 0 saturated heterocycles. The first-order chi connectivity index (χ1) is 8.79. The molecule has 0 bridgehead atoms. The summed E-state index contributed by atoms with van der Waals surface area (Å²) >= 11 is 0. The van der Waals surface area contributed by atoms with Crippen molar-refractivity contribution in [2.45, 2.75) is 70.9 Å². The first kappa shape index (κ1) is 15.8. The molecule has 0 aromatic heterocycles. The van der Waals surface area contributed by atoms with Gasteiger partial charge in [-0.3, -0.25) is 4.79 Å². The monoisotopic (exact) mass is 270 g/mol. The maximum Gasteiger partial charge on any atom is 0.407 e. The van der Waals surface area contributed by atoms with Crippen molar-refractivity contribution in [3.05, 3.63) is 0 Å². The lowest BCUT2D eigenvalue weighted by Crippen LogP contribution is -2.47.